The first kappa shape index (κ1) is 11.9. The Balaban J connectivity index is 1.84. The van der Waals surface area contributed by atoms with Gasteiger partial charge >= 0.3 is 0 Å². The molecule has 5 nitrogen and oxygen atoms in total. The SMILES string of the molecule is Cn1cnc(S(=O)(=O)N2CC3CC=CCC3C2)c1. The molecular weight excluding hydrogens is 250 g/mol. The van der Waals surface area contributed by atoms with Crippen molar-refractivity contribution >= 4 is 10.0 Å². The molecule has 2 heterocycles. The smallest absolute Gasteiger partial charge is 0.262 e. The Bertz CT molecular complexity index is 560. The van der Waals surface area contributed by atoms with Crippen molar-refractivity contribution in [2.75, 3.05) is 13.1 Å². The Labute approximate surface area is 107 Å². The minimum absolute atomic E-state index is 0.164. The lowest BCUT2D eigenvalue weighted by molar-refractivity contribution is 0.411. The average Bonchev–Trinajstić information content (AvgIpc) is 2.94. The van der Waals surface area contributed by atoms with Crippen molar-refractivity contribution in [3.63, 3.8) is 0 Å². The summed E-state index contributed by atoms with van der Waals surface area (Å²) in [6.07, 6.45) is 9.42. The maximum atomic E-state index is 12.4. The van der Waals surface area contributed by atoms with Crippen LogP contribution in [0.15, 0.2) is 29.7 Å². The lowest BCUT2D eigenvalue weighted by Crippen LogP contribution is -2.29. The fourth-order valence-corrected chi connectivity index (χ4v) is 4.34. The molecule has 3 rings (SSSR count). The van der Waals surface area contributed by atoms with Crippen LogP contribution < -0.4 is 0 Å². The third kappa shape index (κ3) is 1.89. The van der Waals surface area contributed by atoms with Gasteiger partial charge in [0.1, 0.15) is 0 Å². The van der Waals surface area contributed by atoms with Gasteiger partial charge in [0.05, 0.1) is 6.33 Å². The molecule has 2 atom stereocenters. The summed E-state index contributed by atoms with van der Waals surface area (Å²) in [5.74, 6) is 0.960. The van der Waals surface area contributed by atoms with E-state index in [9.17, 15) is 8.42 Å². The highest BCUT2D eigenvalue weighted by Crippen LogP contribution is 2.35. The van der Waals surface area contributed by atoms with Gasteiger partial charge in [-0.2, -0.15) is 4.31 Å². The number of hydrogen-bond donors (Lipinski definition) is 0. The number of aromatic nitrogens is 2. The van der Waals surface area contributed by atoms with Crippen LogP contribution in [0, 0.1) is 11.8 Å². The Morgan fingerprint density at radius 1 is 1.22 bits per heavy atom. The van der Waals surface area contributed by atoms with Gasteiger partial charge in [0.2, 0.25) is 0 Å². The van der Waals surface area contributed by atoms with Crippen LogP contribution in [0.25, 0.3) is 0 Å². The molecule has 0 radical (unpaired) electrons. The van der Waals surface area contributed by atoms with Gasteiger partial charge in [0.15, 0.2) is 5.03 Å². The lowest BCUT2D eigenvalue weighted by Gasteiger charge is -2.18. The zero-order chi connectivity index (χ0) is 12.8. The Hall–Kier alpha value is -1.14. The van der Waals surface area contributed by atoms with Gasteiger partial charge in [-0.25, -0.2) is 13.4 Å². The van der Waals surface area contributed by atoms with E-state index >= 15 is 0 Å². The van der Waals surface area contributed by atoms with E-state index in [2.05, 4.69) is 17.1 Å². The van der Waals surface area contributed by atoms with Crippen molar-refractivity contribution in [2.45, 2.75) is 17.9 Å². The molecule has 0 aromatic carbocycles. The third-order valence-electron chi connectivity index (χ3n) is 3.87. The number of imidazole rings is 1. The van der Waals surface area contributed by atoms with Crippen molar-refractivity contribution < 1.29 is 8.42 Å². The number of fused-ring (bicyclic) bond motifs is 1. The van der Waals surface area contributed by atoms with E-state index in [1.54, 1.807) is 22.1 Å². The minimum Gasteiger partial charge on any atom is -0.339 e. The summed E-state index contributed by atoms with van der Waals surface area (Å²) >= 11 is 0. The van der Waals surface area contributed by atoms with Crippen LogP contribution in [-0.2, 0) is 17.1 Å². The molecular formula is C12H17N3O2S. The third-order valence-corrected chi connectivity index (χ3v) is 5.59. The predicted molar refractivity (Wildman–Crippen MR) is 67.3 cm³/mol. The molecule has 0 spiro atoms. The summed E-state index contributed by atoms with van der Waals surface area (Å²) in [5.41, 5.74) is 0. The van der Waals surface area contributed by atoms with E-state index in [0.717, 1.165) is 12.8 Å². The van der Waals surface area contributed by atoms with E-state index < -0.39 is 10.0 Å². The maximum Gasteiger partial charge on any atom is 0.262 e. The summed E-state index contributed by atoms with van der Waals surface area (Å²) in [6, 6.07) is 0. The van der Waals surface area contributed by atoms with E-state index in [4.69, 9.17) is 0 Å². The second kappa shape index (κ2) is 4.20. The zero-order valence-electron chi connectivity index (χ0n) is 10.4. The van der Waals surface area contributed by atoms with Gasteiger partial charge < -0.3 is 4.57 Å². The van der Waals surface area contributed by atoms with Gasteiger partial charge in [0, 0.05) is 26.3 Å². The van der Waals surface area contributed by atoms with Gasteiger partial charge in [0.25, 0.3) is 10.0 Å². The molecule has 0 N–H and O–H groups in total. The quantitative estimate of drug-likeness (QED) is 0.751. The van der Waals surface area contributed by atoms with E-state index in [-0.39, 0.29) is 5.03 Å². The van der Waals surface area contributed by atoms with Gasteiger partial charge in [-0.1, -0.05) is 12.2 Å². The predicted octanol–water partition coefficient (Wildman–Crippen LogP) is 1.01. The second-order valence-electron chi connectivity index (χ2n) is 5.16. The molecule has 1 saturated heterocycles. The normalized spacial score (nSPS) is 28.5. The molecule has 0 amide bonds. The molecule has 0 bridgehead atoms. The first-order valence-electron chi connectivity index (χ1n) is 6.20. The Morgan fingerprint density at radius 2 is 1.83 bits per heavy atom. The minimum atomic E-state index is -3.40. The summed E-state index contributed by atoms with van der Waals surface area (Å²) in [6.45, 7) is 1.27. The maximum absolute atomic E-state index is 12.4. The van der Waals surface area contributed by atoms with Crippen molar-refractivity contribution in [3.8, 4) is 0 Å². The van der Waals surface area contributed by atoms with Crippen molar-refractivity contribution in [1.82, 2.24) is 13.9 Å². The van der Waals surface area contributed by atoms with Crippen LogP contribution in [0.1, 0.15) is 12.8 Å². The topological polar surface area (TPSA) is 55.2 Å². The Morgan fingerprint density at radius 3 is 2.33 bits per heavy atom. The lowest BCUT2D eigenvalue weighted by atomic mass is 9.86. The molecule has 2 unspecified atom stereocenters. The molecule has 18 heavy (non-hydrogen) atoms. The number of hydrogen-bond acceptors (Lipinski definition) is 3. The molecule has 1 fully saturated rings. The molecule has 6 heteroatoms. The van der Waals surface area contributed by atoms with Crippen LogP contribution in [0.3, 0.4) is 0 Å². The van der Waals surface area contributed by atoms with Crippen LogP contribution >= 0.6 is 0 Å². The van der Waals surface area contributed by atoms with Crippen LogP contribution in [0.2, 0.25) is 0 Å². The molecule has 1 aliphatic carbocycles. The van der Waals surface area contributed by atoms with E-state index in [0.29, 0.717) is 24.9 Å². The zero-order valence-corrected chi connectivity index (χ0v) is 11.2. The molecule has 0 saturated carbocycles. The average molecular weight is 267 g/mol. The highest BCUT2D eigenvalue weighted by molar-refractivity contribution is 7.89. The first-order chi connectivity index (χ1) is 8.57. The van der Waals surface area contributed by atoms with Crippen molar-refractivity contribution in [1.29, 1.82) is 0 Å². The van der Waals surface area contributed by atoms with Crippen LogP contribution in [0.4, 0.5) is 0 Å². The highest BCUT2D eigenvalue weighted by Gasteiger charge is 2.39. The number of nitrogens with zero attached hydrogens (tertiary/aromatic N) is 3. The van der Waals surface area contributed by atoms with Crippen molar-refractivity contribution in [2.24, 2.45) is 18.9 Å². The number of allylic oxidation sites excluding steroid dienone is 2. The van der Waals surface area contributed by atoms with Crippen LogP contribution in [-0.4, -0.2) is 35.4 Å². The Kier molecular flexibility index (Phi) is 2.79. The second-order valence-corrected chi connectivity index (χ2v) is 7.05. The summed E-state index contributed by atoms with van der Waals surface area (Å²) in [7, 11) is -1.63. The fourth-order valence-electron chi connectivity index (χ4n) is 2.82. The van der Waals surface area contributed by atoms with Gasteiger partial charge in [-0.05, 0) is 24.7 Å². The van der Waals surface area contributed by atoms with Gasteiger partial charge in [-0.3, -0.25) is 0 Å². The number of aryl methyl sites for hydroxylation is 1. The summed E-state index contributed by atoms with van der Waals surface area (Å²) < 4.78 is 28.1. The summed E-state index contributed by atoms with van der Waals surface area (Å²) in [4.78, 5) is 3.97. The molecule has 1 aromatic rings. The van der Waals surface area contributed by atoms with Gasteiger partial charge in [-0.15, -0.1) is 0 Å². The highest BCUT2D eigenvalue weighted by atomic mass is 32.2. The molecule has 1 aromatic heterocycles. The number of sulfonamides is 1. The molecule has 1 aliphatic heterocycles. The molecule has 98 valence electrons. The largest absolute Gasteiger partial charge is 0.339 e. The van der Waals surface area contributed by atoms with E-state index in [1.807, 2.05) is 0 Å². The standard InChI is InChI=1S/C12H17N3O2S/c1-14-8-12(13-9-14)18(16,17)15-6-10-4-2-3-5-11(10)7-15/h2-3,8-11H,4-7H2,1H3. The fraction of sp³-hybridized carbons (Fsp3) is 0.583. The first-order valence-corrected chi connectivity index (χ1v) is 7.64. The van der Waals surface area contributed by atoms with Crippen molar-refractivity contribution in [3.05, 3.63) is 24.7 Å². The summed E-state index contributed by atoms with van der Waals surface area (Å²) in [5, 5.41) is 0.164. The number of rotatable bonds is 2. The van der Waals surface area contributed by atoms with Crippen LogP contribution in [0.5, 0.6) is 0 Å². The molecule has 2 aliphatic rings. The van der Waals surface area contributed by atoms with E-state index in [1.165, 1.54) is 6.33 Å². The monoisotopic (exact) mass is 267 g/mol.